The Morgan fingerprint density at radius 2 is 1.64 bits per heavy atom. The number of halogens is 3. The Kier molecular flexibility index (Phi) is 8.19. The van der Waals surface area contributed by atoms with Crippen LogP contribution in [0.5, 0.6) is 17.2 Å². The second kappa shape index (κ2) is 9.11. The molecule has 0 fully saturated rings. The van der Waals surface area contributed by atoms with E-state index in [0.717, 1.165) is 18.5 Å². The number of nitrogens with two attached hydrogens (primary N) is 1. The van der Waals surface area contributed by atoms with Gasteiger partial charge in [0.25, 0.3) is 0 Å². The smallest absolute Gasteiger partial charge is 0.154 e. The monoisotopic (exact) mass is 547 g/mol. The van der Waals surface area contributed by atoms with Crippen LogP contribution in [0.1, 0.15) is 5.56 Å². The number of aliphatic hydroxyl groups is 1. The molecule has 0 aromatic heterocycles. The highest BCUT2D eigenvalue weighted by molar-refractivity contribution is 14.1. The second-order valence-corrected chi connectivity index (χ2v) is 6.96. The number of benzene rings is 2. The number of ether oxygens (including phenoxy) is 1. The van der Waals surface area contributed by atoms with E-state index in [0.29, 0.717) is 12.2 Å². The molecule has 0 unspecified atom stereocenters. The van der Waals surface area contributed by atoms with E-state index in [1.54, 1.807) is 24.3 Å². The van der Waals surface area contributed by atoms with Crippen LogP contribution >= 0.6 is 57.6 Å². The van der Waals surface area contributed by atoms with Crippen LogP contribution in [0.15, 0.2) is 36.4 Å². The first kappa shape index (κ1) is 19.8. The first-order valence-corrected chi connectivity index (χ1v) is 8.46. The molecule has 0 saturated heterocycles. The normalized spacial score (nSPS) is 11.6. The first-order chi connectivity index (χ1) is 9.99. The van der Waals surface area contributed by atoms with Crippen molar-refractivity contribution in [2.45, 2.75) is 12.5 Å². The van der Waals surface area contributed by atoms with Gasteiger partial charge in [0.2, 0.25) is 0 Å². The van der Waals surface area contributed by atoms with Crippen LogP contribution in [0.3, 0.4) is 0 Å². The summed E-state index contributed by atoms with van der Waals surface area (Å²) < 4.78 is 7.83. The molecule has 0 heterocycles. The number of hydrogen-bond acceptors (Lipinski definition) is 4. The van der Waals surface area contributed by atoms with Crippen LogP contribution in [0.25, 0.3) is 0 Å². The van der Waals surface area contributed by atoms with Crippen molar-refractivity contribution in [1.29, 1.82) is 0 Å². The van der Waals surface area contributed by atoms with Gasteiger partial charge in [0, 0.05) is 6.04 Å². The van der Waals surface area contributed by atoms with Crippen molar-refractivity contribution in [3.8, 4) is 17.2 Å². The SMILES string of the molecule is Cl.N[C@H](CO)Cc1cc(I)c(Oc2ccc(O)cc2)c(I)c1. The lowest BCUT2D eigenvalue weighted by Crippen LogP contribution is -2.26. The second-order valence-electron chi connectivity index (χ2n) is 4.63. The van der Waals surface area contributed by atoms with Crippen molar-refractivity contribution < 1.29 is 14.9 Å². The van der Waals surface area contributed by atoms with Crippen molar-refractivity contribution in [2.24, 2.45) is 5.73 Å². The summed E-state index contributed by atoms with van der Waals surface area (Å²) in [5.74, 6) is 1.66. The van der Waals surface area contributed by atoms with Gasteiger partial charge in [-0.1, -0.05) is 0 Å². The fraction of sp³-hybridized carbons (Fsp3) is 0.200. The van der Waals surface area contributed by atoms with E-state index in [-0.39, 0.29) is 30.8 Å². The molecule has 1 atom stereocenters. The van der Waals surface area contributed by atoms with E-state index >= 15 is 0 Å². The van der Waals surface area contributed by atoms with Gasteiger partial charge in [-0.05, 0) is 93.6 Å². The quantitative estimate of drug-likeness (QED) is 0.500. The van der Waals surface area contributed by atoms with Gasteiger partial charge < -0.3 is 20.7 Å². The van der Waals surface area contributed by atoms with Crippen molar-refractivity contribution in [2.75, 3.05) is 6.61 Å². The summed E-state index contributed by atoms with van der Waals surface area (Å²) in [6, 6.07) is 10.4. The Hall–Kier alpha value is -0.290. The lowest BCUT2D eigenvalue weighted by molar-refractivity contribution is 0.265. The molecule has 0 radical (unpaired) electrons. The summed E-state index contributed by atoms with van der Waals surface area (Å²) in [5.41, 5.74) is 6.84. The van der Waals surface area contributed by atoms with E-state index in [9.17, 15) is 5.11 Å². The van der Waals surface area contributed by atoms with Crippen molar-refractivity contribution >= 4 is 57.6 Å². The van der Waals surface area contributed by atoms with Gasteiger partial charge in [-0.25, -0.2) is 0 Å². The minimum Gasteiger partial charge on any atom is -0.508 e. The van der Waals surface area contributed by atoms with Crippen LogP contribution in [-0.4, -0.2) is 22.9 Å². The molecule has 0 aliphatic carbocycles. The van der Waals surface area contributed by atoms with Gasteiger partial charge in [-0.2, -0.15) is 0 Å². The summed E-state index contributed by atoms with van der Waals surface area (Å²) in [6.07, 6.45) is 0.627. The lowest BCUT2D eigenvalue weighted by atomic mass is 10.1. The molecule has 2 rings (SSSR count). The molecular formula is C15H16ClI2NO3. The Balaban J connectivity index is 0.00000242. The van der Waals surface area contributed by atoms with Crippen molar-refractivity contribution in [3.63, 3.8) is 0 Å². The molecule has 0 bridgehead atoms. The molecule has 0 aliphatic heterocycles. The van der Waals surface area contributed by atoms with Crippen molar-refractivity contribution in [1.82, 2.24) is 0 Å². The molecule has 0 saturated carbocycles. The minimum atomic E-state index is -0.250. The number of phenols is 1. The Bertz CT molecular complexity index is 600. The predicted molar refractivity (Wildman–Crippen MR) is 106 cm³/mol. The van der Waals surface area contributed by atoms with Gasteiger partial charge >= 0.3 is 0 Å². The van der Waals surface area contributed by atoms with E-state index in [4.69, 9.17) is 15.6 Å². The van der Waals surface area contributed by atoms with Crippen LogP contribution < -0.4 is 10.5 Å². The van der Waals surface area contributed by atoms with Crippen LogP contribution in [0.2, 0.25) is 0 Å². The van der Waals surface area contributed by atoms with Gasteiger partial charge in [0.1, 0.15) is 11.5 Å². The topological polar surface area (TPSA) is 75.7 Å². The number of phenolic OH excluding ortho intramolecular Hbond substituents is 1. The number of aliphatic hydroxyl groups excluding tert-OH is 1. The molecule has 120 valence electrons. The fourth-order valence-corrected chi connectivity index (χ4v) is 3.94. The molecule has 2 aromatic carbocycles. The summed E-state index contributed by atoms with van der Waals surface area (Å²) in [6.45, 7) is -0.0289. The zero-order chi connectivity index (χ0) is 15.4. The number of hydrogen-bond donors (Lipinski definition) is 3. The zero-order valence-electron chi connectivity index (χ0n) is 11.5. The minimum absolute atomic E-state index is 0. The highest BCUT2D eigenvalue weighted by Gasteiger charge is 2.12. The summed E-state index contributed by atoms with van der Waals surface area (Å²) >= 11 is 4.44. The maximum atomic E-state index is 9.28. The van der Waals surface area contributed by atoms with Gasteiger partial charge in [-0.3, -0.25) is 0 Å². The van der Waals surface area contributed by atoms with Crippen LogP contribution in [0.4, 0.5) is 0 Å². The van der Waals surface area contributed by atoms with E-state index in [1.807, 2.05) is 12.1 Å². The highest BCUT2D eigenvalue weighted by Crippen LogP contribution is 2.33. The zero-order valence-corrected chi connectivity index (χ0v) is 16.6. The standard InChI is InChI=1S/C15H15I2NO3.ClH/c16-13-6-9(5-10(18)8-19)7-14(17)15(13)21-12-3-1-11(20)2-4-12;/h1-4,6-7,10,19-20H,5,8,18H2;1H/t10-;/m0./s1. The molecule has 0 aliphatic rings. The Morgan fingerprint density at radius 1 is 1.09 bits per heavy atom. The summed E-state index contributed by atoms with van der Waals surface area (Å²) in [5, 5.41) is 18.3. The summed E-state index contributed by atoms with van der Waals surface area (Å²) in [7, 11) is 0. The third kappa shape index (κ3) is 5.41. The van der Waals surface area contributed by atoms with E-state index < -0.39 is 0 Å². The van der Waals surface area contributed by atoms with Gasteiger partial charge in [0.15, 0.2) is 5.75 Å². The maximum Gasteiger partial charge on any atom is 0.154 e. The lowest BCUT2D eigenvalue weighted by Gasteiger charge is -2.14. The van der Waals surface area contributed by atoms with Crippen molar-refractivity contribution in [3.05, 3.63) is 49.1 Å². The fourth-order valence-electron chi connectivity index (χ4n) is 1.83. The van der Waals surface area contributed by atoms with Crippen LogP contribution in [0, 0.1) is 7.14 Å². The largest absolute Gasteiger partial charge is 0.508 e. The third-order valence-electron chi connectivity index (χ3n) is 2.85. The maximum absolute atomic E-state index is 9.28. The molecule has 4 N–H and O–H groups in total. The molecule has 4 nitrogen and oxygen atoms in total. The van der Waals surface area contributed by atoms with E-state index in [1.165, 1.54) is 0 Å². The van der Waals surface area contributed by atoms with E-state index in [2.05, 4.69) is 45.2 Å². The average Bonchev–Trinajstić information content (AvgIpc) is 2.44. The molecule has 0 spiro atoms. The number of aromatic hydroxyl groups is 1. The molecule has 22 heavy (non-hydrogen) atoms. The average molecular weight is 548 g/mol. The van der Waals surface area contributed by atoms with Gasteiger partial charge in [0.05, 0.1) is 13.7 Å². The van der Waals surface area contributed by atoms with Crippen LogP contribution in [-0.2, 0) is 6.42 Å². The molecule has 7 heteroatoms. The van der Waals surface area contributed by atoms with Gasteiger partial charge in [-0.15, -0.1) is 12.4 Å². The molecule has 0 amide bonds. The third-order valence-corrected chi connectivity index (χ3v) is 4.45. The highest BCUT2D eigenvalue weighted by atomic mass is 127. The Morgan fingerprint density at radius 3 is 2.14 bits per heavy atom. The Labute approximate surface area is 162 Å². The summed E-state index contributed by atoms with van der Waals surface area (Å²) in [4.78, 5) is 0. The first-order valence-electron chi connectivity index (χ1n) is 6.31. The molecule has 2 aromatic rings. The number of rotatable bonds is 5. The predicted octanol–water partition coefficient (Wildman–Crippen LogP) is 3.68. The molecular weight excluding hydrogens is 531 g/mol.